The number of anilines is 2. The SMILES string of the molecule is O=C(NCCC1=CCCCC1)C1CCN(c2cncnc2N2CCCC2)CC1. The summed E-state index contributed by atoms with van der Waals surface area (Å²) in [7, 11) is 0. The van der Waals surface area contributed by atoms with Gasteiger partial charge < -0.3 is 15.1 Å². The number of hydrogen-bond acceptors (Lipinski definition) is 5. The molecular formula is C22H33N5O. The Labute approximate surface area is 168 Å². The van der Waals surface area contributed by atoms with Crippen molar-refractivity contribution in [2.45, 2.75) is 57.8 Å². The molecule has 152 valence electrons. The fourth-order valence-corrected chi connectivity index (χ4v) is 4.72. The number of amides is 1. The van der Waals surface area contributed by atoms with E-state index in [9.17, 15) is 4.79 Å². The van der Waals surface area contributed by atoms with Gasteiger partial charge >= 0.3 is 0 Å². The van der Waals surface area contributed by atoms with E-state index in [1.54, 1.807) is 6.33 Å². The van der Waals surface area contributed by atoms with E-state index in [-0.39, 0.29) is 11.8 Å². The van der Waals surface area contributed by atoms with Crippen molar-refractivity contribution >= 4 is 17.4 Å². The predicted molar refractivity (Wildman–Crippen MR) is 113 cm³/mol. The average molecular weight is 384 g/mol. The zero-order chi connectivity index (χ0) is 19.2. The second-order valence-corrected chi connectivity index (χ2v) is 8.34. The Hall–Kier alpha value is -2.11. The second-order valence-electron chi connectivity index (χ2n) is 8.34. The Balaban J connectivity index is 1.26. The summed E-state index contributed by atoms with van der Waals surface area (Å²) in [5.74, 6) is 1.44. The Bertz CT molecular complexity index is 690. The number of rotatable bonds is 6. The minimum Gasteiger partial charge on any atom is -0.367 e. The monoisotopic (exact) mass is 383 g/mol. The average Bonchev–Trinajstić information content (AvgIpc) is 3.29. The second kappa shape index (κ2) is 9.39. The van der Waals surface area contributed by atoms with E-state index in [0.717, 1.165) is 63.5 Å². The summed E-state index contributed by atoms with van der Waals surface area (Å²) in [6.07, 6.45) is 16.3. The van der Waals surface area contributed by atoms with Crippen LogP contribution in [0, 0.1) is 5.92 Å². The first-order valence-electron chi connectivity index (χ1n) is 11.1. The van der Waals surface area contributed by atoms with Crippen LogP contribution in [0.3, 0.4) is 0 Å². The summed E-state index contributed by atoms with van der Waals surface area (Å²) >= 11 is 0. The molecule has 3 heterocycles. The first-order valence-corrected chi connectivity index (χ1v) is 11.1. The number of carbonyl (C=O) groups excluding carboxylic acids is 1. The molecule has 1 aromatic heterocycles. The molecule has 0 spiro atoms. The van der Waals surface area contributed by atoms with Crippen molar-refractivity contribution in [3.05, 3.63) is 24.2 Å². The number of piperidine rings is 1. The Morgan fingerprint density at radius 1 is 1.07 bits per heavy atom. The van der Waals surface area contributed by atoms with Gasteiger partial charge in [-0.2, -0.15) is 0 Å². The highest BCUT2D eigenvalue weighted by Crippen LogP contribution is 2.31. The molecule has 1 aliphatic carbocycles. The third kappa shape index (κ3) is 4.65. The van der Waals surface area contributed by atoms with E-state index in [2.05, 4.69) is 31.2 Å². The zero-order valence-electron chi connectivity index (χ0n) is 16.9. The van der Waals surface area contributed by atoms with Gasteiger partial charge in [-0.05, 0) is 57.8 Å². The zero-order valence-corrected chi connectivity index (χ0v) is 16.9. The lowest BCUT2D eigenvalue weighted by Crippen LogP contribution is -2.41. The summed E-state index contributed by atoms with van der Waals surface area (Å²) in [6, 6.07) is 0. The van der Waals surface area contributed by atoms with Crippen LogP contribution in [-0.2, 0) is 4.79 Å². The van der Waals surface area contributed by atoms with Crippen molar-refractivity contribution in [2.24, 2.45) is 5.92 Å². The van der Waals surface area contributed by atoms with E-state index < -0.39 is 0 Å². The maximum atomic E-state index is 12.6. The lowest BCUT2D eigenvalue weighted by atomic mass is 9.95. The fraction of sp³-hybridized carbons (Fsp3) is 0.682. The summed E-state index contributed by atoms with van der Waals surface area (Å²) < 4.78 is 0. The molecular weight excluding hydrogens is 350 g/mol. The van der Waals surface area contributed by atoms with Crippen molar-refractivity contribution in [3.63, 3.8) is 0 Å². The molecule has 1 aromatic rings. The summed E-state index contributed by atoms with van der Waals surface area (Å²) in [4.78, 5) is 26.1. The predicted octanol–water partition coefficient (Wildman–Crippen LogP) is 3.30. The van der Waals surface area contributed by atoms with E-state index in [4.69, 9.17) is 0 Å². The topological polar surface area (TPSA) is 61.4 Å². The molecule has 6 heteroatoms. The third-order valence-corrected chi connectivity index (χ3v) is 6.42. The molecule has 0 atom stereocenters. The maximum absolute atomic E-state index is 12.6. The number of hydrogen-bond donors (Lipinski definition) is 1. The first-order chi connectivity index (χ1) is 13.8. The molecule has 4 rings (SSSR count). The van der Waals surface area contributed by atoms with E-state index in [1.165, 1.54) is 44.1 Å². The Kier molecular flexibility index (Phi) is 6.45. The molecule has 2 fully saturated rings. The highest BCUT2D eigenvalue weighted by molar-refractivity contribution is 5.79. The summed E-state index contributed by atoms with van der Waals surface area (Å²) in [5, 5.41) is 3.18. The van der Waals surface area contributed by atoms with Crippen molar-refractivity contribution in [3.8, 4) is 0 Å². The Morgan fingerprint density at radius 3 is 2.64 bits per heavy atom. The molecule has 3 aliphatic rings. The minimum atomic E-state index is 0.136. The van der Waals surface area contributed by atoms with Crippen LogP contribution in [0.25, 0.3) is 0 Å². The van der Waals surface area contributed by atoms with Gasteiger partial charge in [0.05, 0.1) is 11.9 Å². The smallest absolute Gasteiger partial charge is 0.223 e. The number of nitrogens with one attached hydrogen (secondary N) is 1. The summed E-state index contributed by atoms with van der Waals surface area (Å²) in [6.45, 7) is 4.75. The van der Waals surface area contributed by atoms with Crippen molar-refractivity contribution in [1.29, 1.82) is 0 Å². The minimum absolute atomic E-state index is 0.136. The van der Waals surface area contributed by atoms with Crippen LogP contribution in [-0.4, -0.2) is 48.6 Å². The molecule has 0 aromatic carbocycles. The molecule has 1 N–H and O–H groups in total. The molecule has 0 saturated carbocycles. The fourth-order valence-electron chi connectivity index (χ4n) is 4.72. The van der Waals surface area contributed by atoms with E-state index in [1.807, 2.05) is 6.20 Å². The normalized spacial score (nSPS) is 20.9. The van der Waals surface area contributed by atoms with Crippen LogP contribution in [0.2, 0.25) is 0 Å². The van der Waals surface area contributed by atoms with Gasteiger partial charge in [0, 0.05) is 38.6 Å². The number of aromatic nitrogens is 2. The van der Waals surface area contributed by atoms with Gasteiger partial charge in [0.1, 0.15) is 6.33 Å². The number of carbonyl (C=O) groups is 1. The van der Waals surface area contributed by atoms with Crippen molar-refractivity contribution in [1.82, 2.24) is 15.3 Å². The van der Waals surface area contributed by atoms with Crippen LogP contribution in [0.5, 0.6) is 0 Å². The largest absolute Gasteiger partial charge is 0.367 e. The molecule has 0 bridgehead atoms. The first kappa shape index (κ1) is 19.2. The molecule has 6 nitrogen and oxygen atoms in total. The highest BCUT2D eigenvalue weighted by Gasteiger charge is 2.28. The van der Waals surface area contributed by atoms with Gasteiger partial charge in [0.2, 0.25) is 5.91 Å². The molecule has 0 radical (unpaired) electrons. The highest BCUT2D eigenvalue weighted by atomic mass is 16.1. The summed E-state index contributed by atoms with van der Waals surface area (Å²) in [5.41, 5.74) is 2.66. The quantitative estimate of drug-likeness (QED) is 0.764. The van der Waals surface area contributed by atoms with Gasteiger partial charge in [0.15, 0.2) is 5.82 Å². The molecule has 28 heavy (non-hydrogen) atoms. The van der Waals surface area contributed by atoms with Crippen LogP contribution < -0.4 is 15.1 Å². The van der Waals surface area contributed by atoms with Crippen LogP contribution in [0.15, 0.2) is 24.2 Å². The van der Waals surface area contributed by atoms with Crippen molar-refractivity contribution in [2.75, 3.05) is 42.5 Å². The number of allylic oxidation sites excluding steroid dienone is 1. The van der Waals surface area contributed by atoms with Crippen LogP contribution in [0.4, 0.5) is 11.5 Å². The van der Waals surface area contributed by atoms with Crippen molar-refractivity contribution < 1.29 is 4.79 Å². The van der Waals surface area contributed by atoms with Gasteiger partial charge in [-0.1, -0.05) is 11.6 Å². The maximum Gasteiger partial charge on any atom is 0.223 e. The third-order valence-electron chi connectivity index (χ3n) is 6.42. The molecule has 0 unspecified atom stereocenters. The van der Waals surface area contributed by atoms with E-state index in [0.29, 0.717) is 0 Å². The van der Waals surface area contributed by atoms with Gasteiger partial charge in [0.25, 0.3) is 0 Å². The standard InChI is InChI=1S/C22H33N5O/c28-22(24-11-8-18-6-2-1-3-7-18)19-9-14-26(15-10-19)20-16-23-17-25-21(20)27-12-4-5-13-27/h6,16-17,19H,1-5,7-15H2,(H,24,28). The van der Waals surface area contributed by atoms with Gasteiger partial charge in [-0.15, -0.1) is 0 Å². The van der Waals surface area contributed by atoms with Crippen LogP contribution >= 0.6 is 0 Å². The number of nitrogens with zero attached hydrogens (tertiary/aromatic N) is 4. The molecule has 2 aliphatic heterocycles. The Morgan fingerprint density at radius 2 is 1.89 bits per heavy atom. The van der Waals surface area contributed by atoms with Gasteiger partial charge in [-0.3, -0.25) is 4.79 Å². The van der Waals surface area contributed by atoms with E-state index >= 15 is 0 Å². The van der Waals surface area contributed by atoms with Gasteiger partial charge in [-0.25, -0.2) is 9.97 Å². The lowest BCUT2D eigenvalue weighted by Gasteiger charge is -2.34. The molecule has 2 saturated heterocycles. The lowest BCUT2D eigenvalue weighted by molar-refractivity contribution is -0.125. The van der Waals surface area contributed by atoms with Crippen LogP contribution in [0.1, 0.15) is 57.8 Å². The molecule has 1 amide bonds.